The van der Waals surface area contributed by atoms with Crippen molar-refractivity contribution in [3.63, 3.8) is 0 Å². The molecule has 0 spiro atoms. The number of hydrogen-bond donors (Lipinski definition) is 3. The lowest BCUT2D eigenvalue weighted by atomic mass is 9.94. The average Bonchev–Trinajstić information content (AvgIpc) is 3.10. The molecule has 4 aromatic rings. The van der Waals surface area contributed by atoms with Gasteiger partial charge in [0.15, 0.2) is 11.5 Å². The molecular weight excluding hydrogens is 432 g/mol. The summed E-state index contributed by atoms with van der Waals surface area (Å²) >= 11 is 0. The van der Waals surface area contributed by atoms with Crippen LogP contribution in [0.3, 0.4) is 0 Å². The summed E-state index contributed by atoms with van der Waals surface area (Å²) < 4.78 is 57.5. The fraction of sp³-hybridized carbons (Fsp3) is 0.300. The van der Waals surface area contributed by atoms with Crippen molar-refractivity contribution in [1.82, 2.24) is 24.6 Å². The van der Waals surface area contributed by atoms with Crippen molar-refractivity contribution in [3.05, 3.63) is 41.7 Å². The number of hydrogen-bond acceptors (Lipinski definition) is 5. The molecule has 3 atom stereocenters. The first-order valence-electron chi connectivity index (χ1n) is 9.70. The van der Waals surface area contributed by atoms with E-state index in [1.165, 1.54) is 36.1 Å². The number of nitrogens with zero attached hydrogens (tertiary/aromatic N) is 4. The molecule has 0 aliphatic heterocycles. The van der Waals surface area contributed by atoms with Gasteiger partial charge >= 0.3 is 0 Å². The summed E-state index contributed by atoms with van der Waals surface area (Å²) in [7, 11) is 0. The summed E-state index contributed by atoms with van der Waals surface area (Å²) in [6.45, 7) is 1.27. The van der Waals surface area contributed by atoms with E-state index in [-0.39, 0.29) is 40.0 Å². The maximum Gasteiger partial charge on any atom is 0.267 e. The number of aliphatic hydroxyl groups is 1. The molecule has 3 heterocycles. The first kappa shape index (κ1) is 20.4. The first-order chi connectivity index (χ1) is 15.3. The van der Waals surface area contributed by atoms with Crippen molar-refractivity contribution in [1.29, 1.82) is 0 Å². The minimum atomic E-state index is -3.19. The topological polar surface area (TPSA) is 108 Å². The van der Waals surface area contributed by atoms with E-state index in [0.29, 0.717) is 5.65 Å². The lowest BCUT2D eigenvalue weighted by molar-refractivity contribution is -0.117. The van der Waals surface area contributed by atoms with E-state index in [2.05, 4.69) is 25.5 Å². The zero-order valence-corrected chi connectivity index (χ0v) is 16.5. The molecule has 0 saturated heterocycles. The number of benzene rings is 1. The van der Waals surface area contributed by atoms with Crippen LogP contribution in [-0.4, -0.2) is 41.8 Å². The Morgan fingerprint density at radius 2 is 2.06 bits per heavy atom. The molecule has 0 radical (unpaired) electrons. The lowest BCUT2D eigenvalue weighted by Crippen LogP contribution is -2.15. The van der Waals surface area contributed by atoms with Crippen molar-refractivity contribution in [3.8, 4) is 11.3 Å². The molecule has 1 aliphatic carbocycles. The van der Waals surface area contributed by atoms with Crippen LogP contribution in [0.4, 0.5) is 23.4 Å². The Bertz CT molecular complexity index is 1370. The van der Waals surface area contributed by atoms with Gasteiger partial charge in [-0.1, -0.05) is 0 Å². The quantitative estimate of drug-likeness (QED) is 0.404. The van der Waals surface area contributed by atoms with Crippen LogP contribution >= 0.6 is 0 Å². The number of H-pyrrole nitrogens is 1. The van der Waals surface area contributed by atoms with Gasteiger partial charge < -0.3 is 14.8 Å². The number of alkyl halides is 3. The Hall–Kier alpha value is -3.54. The number of imidazole rings is 1. The third-order valence-corrected chi connectivity index (χ3v) is 5.45. The first-order valence-corrected chi connectivity index (χ1v) is 9.70. The number of aromatic nitrogens is 5. The van der Waals surface area contributed by atoms with Gasteiger partial charge in [-0.25, -0.2) is 22.5 Å². The van der Waals surface area contributed by atoms with Crippen LogP contribution in [0.2, 0.25) is 0 Å². The van der Waals surface area contributed by atoms with Crippen LogP contribution in [0.25, 0.3) is 27.8 Å². The summed E-state index contributed by atoms with van der Waals surface area (Å²) in [5.74, 6) is -2.30. The largest absolute Gasteiger partial charge is 0.389 e. The fourth-order valence-corrected chi connectivity index (χ4v) is 3.81. The van der Waals surface area contributed by atoms with Crippen molar-refractivity contribution in [2.24, 2.45) is 5.92 Å². The summed E-state index contributed by atoms with van der Waals surface area (Å²) in [6, 6.07) is 0. The Morgan fingerprint density at radius 3 is 2.72 bits per heavy atom. The third kappa shape index (κ3) is 3.18. The van der Waals surface area contributed by atoms with Crippen LogP contribution < -0.4 is 5.32 Å². The van der Waals surface area contributed by atoms with E-state index in [1.807, 2.05) is 0 Å². The van der Waals surface area contributed by atoms with Crippen molar-refractivity contribution in [2.45, 2.75) is 32.0 Å². The summed E-state index contributed by atoms with van der Waals surface area (Å²) in [5.41, 5.74) is -1.00. The van der Waals surface area contributed by atoms with E-state index >= 15 is 4.39 Å². The third-order valence-electron chi connectivity index (χ3n) is 5.45. The van der Waals surface area contributed by atoms with Crippen LogP contribution in [0.5, 0.6) is 0 Å². The maximum absolute atomic E-state index is 15.1. The summed E-state index contributed by atoms with van der Waals surface area (Å²) in [6.07, 6.45) is -0.219. The molecule has 3 N–H and O–H groups in total. The predicted octanol–water partition coefficient (Wildman–Crippen LogP) is 3.70. The van der Waals surface area contributed by atoms with Gasteiger partial charge in [-0.3, -0.25) is 14.9 Å². The molecule has 12 heteroatoms. The van der Waals surface area contributed by atoms with Gasteiger partial charge in [0.25, 0.3) is 6.43 Å². The Kier molecular flexibility index (Phi) is 4.62. The maximum atomic E-state index is 15.1. The van der Waals surface area contributed by atoms with Gasteiger partial charge in [0.1, 0.15) is 12.0 Å². The smallest absolute Gasteiger partial charge is 0.267 e. The normalized spacial score (nSPS) is 19.1. The number of aromatic amines is 1. The van der Waals surface area contributed by atoms with Crippen LogP contribution in [0.1, 0.15) is 37.0 Å². The van der Waals surface area contributed by atoms with Gasteiger partial charge in [0, 0.05) is 22.7 Å². The number of amides is 1. The van der Waals surface area contributed by atoms with E-state index < -0.39 is 41.9 Å². The van der Waals surface area contributed by atoms with Gasteiger partial charge in [-0.05, 0) is 13.3 Å². The van der Waals surface area contributed by atoms with Gasteiger partial charge in [-0.2, -0.15) is 5.10 Å². The molecule has 5 rings (SSSR count). The second-order valence-electron chi connectivity index (χ2n) is 7.66. The highest BCUT2D eigenvalue weighted by atomic mass is 19.3. The zero-order valence-electron chi connectivity index (χ0n) is 16.5. The summed E-state index contributed by atoms with van der Waals surface area (Å²) in [4.78, 5) is 20.3. The van der Waals surface area contributed by atoms with E-state index in [0.717, 1.165) is 0 Å². The molecule has 32 heavy (non-hydrogen) atoms. The summed E-state index contributed by atoms with van der Waals surface area (Å²) in [5, 5.41) is 19.0. The molecule has 1 unspecified atom stereocenters. The molecule has 1 saturated carbocycles. The number of nitrogens with one attached hydrogen (secondary N) is 2. The number of fused-ring (bicyclic) bond motifs is 2. The highest BCUT2D eigenvalue weighted by Gasteiger charge is 2.43. The van der Waals surface area contributed by atoms with Crippen molar-refractivity contribution in [2.75, 3.05) is 5.32 Å². The molecule has 166 valence electrons. The second kappa shape index (κ2) is 7.26. The molecule has 1 aliphatic rings. The Balaban J connectivity index is 1.64. The van der Waals surface area contributed by atoms with Gasteiger partial charge in [-0.15, -0.1) is 0 Å². The fourth-order valence-electron chi connectivity index (χ4n) is 3.81. The molecular formula is C20H16F4N6O2. The standard InChI is InChI=1S/C20H16F4N6O2/c1-7(31)14-17(22)16(19(23)24)15(9-3-26-29-18(9)14)11-5-30-6-12(27-13(30)4-25-11)28-20(32)8-2-10(8)21/h3-8,10,19,31H,2H2,1H3,(H,26,29)(H,28,32)/t7?,8-,10+/m1/s1. The molecule has 1 amide bonds. The van der Waals surface area contributed by atoms with Gasteiger partial charge in [0.2, 0.25) is 5.91 Å². The Morgan fingerprint density at radius 1 is 1.31 bits per heavy atom. The molecule has 0 bridgehead atoms. The number of halogens is 4. The number of aliphatic hydroxyl groups excluding tert-OH is 1. The second-order valence-corrected chi connectivity index (χ2v) is 7.66. The molecule has 1 fully saturated rings. The Labute approximate surface area is 177 Å². The van der Waals surface area contributed by atoms with Crippen molar-refractivity contribution >= 4 is 28.3 Å². The number of carbonyl (C=O) groups excluding carboxylic acids is 1. The molecule has 8 nitrogen and oxygen atoms in total. The van der Waals surface area contributed by atoms with Crippen LogP contribution in [0.15, 0.2) is 24.8 Å². The zero-order chi connectivity index (χ0) is 22.7. The minimum absolute atomic E-state index is 0.0107. The van der Waals surface area contributed by atoms with E-state index in [1.54, 1.807) is 0 Å². The number of carbonyl (C=O) groups is 1. The van der Waals surface area contributed by atoms with Crippen molar-refractivity contribution < 1.29 is 27.5 Å². The highest BCUT2D eigenvalue weighted by Crippen LogP contribution is 2.41. The minimum Gasteiger partial charge on any atom is -0.389 e. The number of anilines is 1. The van der Waals surface area contributed by atoms with Crippen LogP contribution in [-0.2, 0) is 4.79 Å². The molecule has 3 aromatic heterocycles. The van der Waals surface area contributed by atoms with E-state index in [4.69, 9.17) is 0 Å². The average molecular weight is 448 g/mol. The predicted molar refractivity (Wildman–Crippen MR) is 105 cm³/mol. The monoisotopic (exact) mass is 448 g/mol. The van der Waals surface area contributed by atoms with Crippen LogP contribution in [0, 0.1) is 11.7 Å². The lowest BCUT2D eigenvalue weighted by Gasteiger charge is -2.16. The van der Waals surface area contributed by atoms with E-state index in [9.17, 15) is 23.1 Å². The molecule has 1 aromatic carbocycles. The van der Waals surface area contributed by atoms with Gasteiger partial charge in [0.05, 0.1) is 47.4 Å². The number of rotatable bonds is 5. The SMILES string of the molecule is CC(O)c1c(F)c(C(F)F)c(-c2cn3cc(NC(=O)[C@@H]4C[C@@H]4F)nc3cn2)c2cn[nH]c12. The highest BCUT2D eigenvalue weighted by molar-refractivity contribution is 5.98.